The first-order chi connectivity index (χ1) is 6.74. The van der Waals surface area contributed by atoms with E-state index in [-0.39, 0.29) is 12.6 Å². The Hall–Kier alpha value is -1.03. The van der Waals surface area contributed by atoms with Gasteiger partial charge < -0.3 is 15.8 Å². The maximum Gasteiger partial charge on any atom is 0.0662 e. The second-order valence-electron chi connectivity index (χ2n) is 3.20. The molecule has 0 amide bonds. The van der Waals surface area contributed by atoms with Crippen molar-refractivity contribution in [2.45, 2.75) is 6.04 Å². The largest absolute Gasteiger partial charge is 0.394 e. The maximum absolute atomic E-state index is 9.00. The van der Waals surface area contributed by atoms with Gasteiger partial charge in [0.1, 0.15) is 0 Å². The number of halogens is 1. The molecule has 0 fully saturated rings. The molecule has 14 heavy (non-hydrogen) atoms. The van der Waals surface area contributed by atoms with E-state index in [0.717, 1.165) is 16.5 Å². The SMILES string of the molecule is NC(CO)c1cccc2[nH]cc(Cl)c12. The van der Waals surface area contributed by atoms with Gasteiger partial charge >= 0.3 is 0 Å². The van der Waals surface area contributed by atoms with Gasteiger partial charge in [-0.05, 0) is 11.6 Å². The molecule has 3 nitrogen and oxygen atoms in total. The van der Waals surface area contributed by atoms with Crippen LogP contribution in [0.3, 0.4) is 0 Å². The van der Waals surface area contributed by atoms with Gasteiger partial charge in [-0.15, -0.1) is 0 Å². The fourth-order valence-electron chi connectivity index (χ4n) is 1.58. The van der Waals surface area contributed by atoms with Crippen LogP contribution >= 0.6 is 11.6 Å². The fraction of sp³-hybridized carbons (Fsp3) is 0.200. The predicted molar refractivity (Wildman–Crippen MR) is 57.3 cm³/mol. The summed E-state index contributed by atoms with van der Waals surface area (Å²) < 4.78 is 0. The number of nitrogens with one attached hydrogen (secondary N) is 1. The summed E-state index contributed by atoms with van der Waals surface area (Å²) in [4.78, 5) is 3.04. The number of hydrogen-bond donors (Lipinski definition) is 3. The molecule has 0 aliphatic carbocycles. The minimum absolute atomic E-state index is 0.0827. The van der Waals surface area contributed by atoms with E-state index in [0.29, 0.717) is 5.02 Å². The number of hydrogen-bond acceptors (Lipinski definition) is 2. The number of H-pyrrole nitrogens is 1. The minimum atomic E-state index is -0.382. The van der Waals surface area contributed by atoms with Crippen LogP contribution in [0, 0.1) is 0 Å². The summed E-state index contributed by atoms with van der Waals surface area (Å²) in [6, 6.07) is 5.31. The van der Waals surface area contributed by atoms with E-state index >= 15 is 0 Å². The Labute approximate surface area is 86.5 Å². The third kappa shape index (κ3) is 1.39. The molecular weight excluding hydrogens is 200 g/mol. The number of benzene rings is 1. The molecule has 74 valence electrons. The van der Waals surface area contributed by atoms with Crippen LogP contribution in [-0.4, -0.2) is 16.7 Å². The van der Waals surface area contributed by atoms with E-state index in [1.54, 1.807) is 6.20 Å². The summed E-state index contributed by atoms with van der Waals surface area (Å²) in [6.07, 6.45) is 1.72. The van der Waals surface area contributed by atoms with Crippen LogP contribution < -0.4 is 5.73 Å². The average Bonchev–Trinajstić information content (AvgIpc) is 2.59. The lowest BCUT2D eigenvalue weighted by atomic mass is 10.0. The van der Waals surface area contributed by atoms with Gasteiger partial charge in [-0.25, -0.2) is 0 Å². The summed E-state index contributed by atoms with van der Waals surface area (Å²) in [6.45, 7) is -0.0827. The van der Waals surface area contributed by atoms with Crippen molar-refractivity contribution in [3.8, 4) is 0 Å². The van der Waals surface area contributed by atoms with Crippen molar-refractivity contribution in [1.29, 1.82) is 0 Å². The van der Waals surface area contributed by atoms with Crippen molar-refractivity contribution in [1.82, 2.24) is 4.98 Å². The molecule has 4 N–H and O–H groups in total. The predicted octanol–water partition coefficient (Wildman–Crippen LogP) is 1.81. The van der Waals surface area contributed by atoms with E-state index < -0.39 is 0 Å². The Morgan fingerprint density at radius 1 is 1.50 bits per heavy atom. The first kappa shape index (κ1) is 9.52. The lowest BCUT2D eigenvalue weighted by molar-refractivity contribution is 0.268. The molecular formula is C10H11ClN2O. The molecule has 0 saturated heterocycles. The Bertz CT molecular complexity index is 452. The van der Waals surface area contributed by atoms with Gasteiger partial charge in [-0.1, -0.05) is 23.7 Å². The fourth-order valence-corrected chi connectivity index (χ4v) is 1.84. The van der Waals surface area contributed by atoms with Crippen molar-refractivity contribution in [3.63, 3.8) is 0 Å². The summed E-state index contributed by atoms with van der Waals surface area (Å²) in [5.41, 5.74) is 7.58. The number of nitrogens with two attached hydrogens (primary N) is 1. The van der Waals surface area contributed by atoms with Crippen molar-refractivity contribution in [2.24, 2.45) is 5.73 Å². The quantitative estimate of drug-likeness (QED) is 0.708. The normalized spacial score (nSPS) is 13.4. The molecule has 1 heterocycles. The van der Waals surface area contributed by atoms with Gasteiger partial charge in [0.25, 0.3) is 0 Å². The number of aromatic amines is 1. The highest BCUT2D eigenvalue weighted by Crippen LogP contribution is 2.29. The molecule has 2 rings (SSSR count). The van der Waals surface area contributed by atoms with E-state index in [1.165, 1.54) is 0 Å². The molecule has 1 unspecified atom stereocenters. The monoisotopic (exact) mass is 210 g/mol. The highest BCUT2D eigenvalue weighted by molar-refractivity contribution is 6.35. The van der Waals surface area contributed by atoms with Gasteiger partial charge in [0.2, 0.25) is 0 Å². The lowest BCUT2D eigenvalue weighted by Gasteiger charge is -2.09. The minimum Gasteiger partial charge on any atom is -0.394 e. The molecule has 0 aliphatic heterocycles. The summed E-state index contributed by atoms with van der Waals surface area (Å²) in [5, 5.41) is 10.5. The van der Waals surface area contributed by atoms with Gasteiger partial charge in [-0.3, -0.25) is 0 Å². The zero-order valence-corrected chi connectivity index (χ0v) is 8.25. The Kier molecular flexibility index (Phi) is 2.46. The Balaban J connectivity index is 2.69. The first-order valence-corrected chi connectivity index (χ1v) is 4.73. The number of aromatic nitrogens is 1. The third-order valence-electron chi connectivity index (χ3n) is 2.29. The molecule has 0 spiro atoms. The average molecular weight is 211 g/mol. The van der Waals surface area contributed by atoms with Gasteiger partial charge in [0, 0.05) is 17.1 Å². The van der Waals surface area contributed by atoms with Crippen molar-refractivity contribution in [3.05, 3.63) is 35.0 Å². The van der Waals surface area contributed by atoms with Crippen molar-refractivity contribution in [2.75, 3.05) is 6.61 Å². The molecule has 4 heteroatoms. The summed E-state index contributed by atoms with van der Waals surface area (Å²) >= 11 is 6.01. The molecule has 0 radical (unpaired) electrons. The molecule has 1 atom stereocenters. The third-order valence-corrected chi connectivity index (χ3v) is 2.58. The summed E-state index contributed by atoms with van der Waals surface area (Å²) in [5.74, 6) is 0. The van der Waals surface area contributed by atoms with Crippen LogP contribution in [0.4, 0.5) is 0 Å². The van der Waals surface area contributed by atoms with Gasteiger partial charge in [0.15, 0.2) is 0 Å². The van der Waals surface area contributed by atoms with E-state index in [4.69, 9.17) is 22.4 Å². The van der Waals surface area contributed by atoms with Crippen LogP contribution in [0.25, 0.3) is 10.9 Å². The molecule has 0 bridgehead atoms. The molecule has 1 aromatic carbocycles. The number of fused-ring (bicyclic) bond motifs is 1. The molecule has 2 aromatic rings. The van der Waals surface area contributed by atoms with E-state index in [9.17, 15) is 0 Å². The number of aliphatic hydroxyl groups excluding tert-OH is 1. The lowest BCUT2D eigenvalue weighted by Crippen LogP contribution is -2.14. The summed E-state index contributed by atoms with van der Waals surface area (Å²) in [7, 11) is 0. The zero-order valence-electron chi connectivity index (χ0n) is 7.50. The highest BCUT2D eigenvalue weighted by Gasteiger charge is 2.11. The van der Waals surface area contributed by atoms with E-state index in [1.807, 2.05) is 18.2 Å². The maximum atomic E-state index is 9.00. The molecule has 0 saturated carbocycles. The zero-order chi connectivity index (χ0) is 10.1. The van der Waals surface area contributed by atoms with Crippen LogP contribution in [0.2, 0.25) is 5.02 Å². The Morgan fingerprint density at radius 3 is 3.00 bits per heavy atom. The first-order valence-electron chi connectivity index (χ1n) is 4.36. The number of rotatable bonds is 2. The van der Waals surface area contributed by atoms with Crippen LogP contribution in [-0.2, 0) is 0 Å². The second kappa shape index (κ2) is 3.61. The van der Waals surface area contributed by atoms with Gasteiger partial charge in [-0.2, -0.15) is 0 Å². The topological polar surface area (TPSA) is 62.0 Å². The van der Waals surface area contributed by atoms with Crippen LogP contribution in [0.15, 0.2) is 24.4 Å². The second-order valence-corrected chi connectivity index (χ2v) is 3.60. The van der Waals surface area contributed by atoms with Crippen molar-refractivity contribution >= 4 is 22.5 Å². The standard InChI is InChI=1S/C10H11ClN2O/c11-7-4-13-9-3-1-2-6(10(7)9)8(12)5-14/h1-4,8,13-14H,5,12H2. The van der Waals surface area contributed by atoms with E-state index in [2.05, 4.69) is 4.98 Å². The molecule has 1 aromatic heterocycles. The highest BCUT2D eigenvalue weighted by atomic mass is 35.5. The number of aliphatic hydroxyl groups is 1. The smallest absolute Gasteiger partial charge is 0.0662 e. The van der Waals surface area contributed by atoms with Crippen LogP contribution in [0.5, 0.6) is 0 Å². The van der Waals surface area contributed by atoms with Crippen molar-refractivity contribution < 1.29 is 5.11 Å². The Morgan fingerprint density at radius 2 is 2.29 bits per heavy atom. The van der Waals surface area contributed by atoms with Crippen LogP contribution in [0.1, 0.15) is 11.6 Å². The molecule has 0 aliphatic rings. The van der Waals surface area contributed by atoms with Gasteiger partial charge in [0.05, 0.1) is 17.7 Å².